The number of anilines is 1. The number of aromatic nitrogens is 1. The van der Waals surface area contributed by atoms with Crippen molar-refractivity contribution in [3.63, 3.8) is 0 Å². The summed E-state index contributed by atoms with van der Waals surface area (Å²) in [7, 11) is 0. The fraction of sp³-hybridized carbons (Fsp3) is 0.522. The van der Waals surface area contributed by atoms with Crippen LogP contribution in [0.15, 0.2) is 35.8 Å². The Morgan fingerprint density at radius 3 is 2.69 bits per heavy atom. The van der Waals surface area contributed by atoms with E-state index in [2.05, 4.69) is 33.0 Å². The highest BCUT2D eigenvalue weighted by Gasteiger charge is 2.36. The topological polar surface area (TPSA) is 69.2 Å². The van der Waals surface area contributed by atoms with E-state index in [1.165, 1.54) is 16.9 Å². The van der Waals surface area contributed by atoms with Crippen LogP contribution in [0.1, 0.15) is 21.8 Å². The number of hydrogen-bond donors (Lipinski definition) is 0. The maximum absolute atomic E-state index is 12.9. The number of hydrogen-bond acceptors (Lipinski definition) is 7. The summed E-state index contributed by atoms with van der Waals surface area (Å²) in [6.45, 7) is 8.01. The van der Waals surface area contributed by atoms with E-state index >= 15 is 0 Å². The van der Waals surface area contributed by atoms with Crippen molar-refractivity contribution >= 4 is 28.8 Å². The standard InChI is InChI=1S/C23H29N5O3S/c29-21-15-20(26-5-7-27(8-6-26)23(30)22-24-4-13-32-22)17-28(21)19-3-1-2-18(14-19)16-25-9-11-31-12-10-25/h1-4,13-14,20H,5-12,15-17H2. The third-order valence-electron chi connectivity index (χ3n) is 6.57. The Morgan fingerprint density at radius 2 is 1.94 bits per heavy atom. The maximum atomic E-state index is 12.9. The smallest absolute Gasteiger partial charge is 0.282 e. The lowest BCUT2D eigenvalue weighted by molar-refractivity contribution is -0.117. The van der Waals surface area contributed by atoms with Gasteiger partial charge in [-0.2, -0.15) is 0 Å². The molecule has 4 heterocycles. The van der Waals surface area contributed by atoms with E-state index in [9.17, 15) is 9.59 Å². The Kier molecular flexibility index (Phi) is 6.49. The predicted molar refractivity (Wildman–Crippen MR) is 123 cm³/mol. The van der Waals surface area contributed by atoms with E-state index < -0.39 is 0 Å². The van der Waals surface area contributed by atoms with Gasteiger partial charge in [-0.05, 0) is 17.7 Å². The van der Waals surface area contributed by atoms with Gasteiger partial charge in [-0.3, -0.25) is 19.4 Å². The summed E-state index contributed by atoms with van der Waals surface area (Å²) in [6.07, 6.45) is 2.21. The molecule has 0 radical (unpaired) electrons. The fourth-order valence-corrected chi connectivity index (χ4v) is 5.38. The number of amides is 2. The first-order valence-electron chi connectivity index (χ1n) is 11.3. The Hall–Kier alpha value is -2.33. The van der Waals surface area contributed by atoms with Gasteiger partial charge in [-0.25, -0.2) is 4.98 Å². The molecule has 5 rings (SSSR count). The van der Waals surface area contributed by atoms with Crippen LogP contribution in [-0.2, 0) is 16.1 Å². The van der Waals surface area contributed by atoms with Gasteiger partial charge in [-0.15, -0.1) is 11.3 Å². The molecule has 1 aromatic heterocycles. The summed E-state index contributed by atoms with van der Waals surface area (Å²) >= 11 is 1.38. The van der Waals surface area contributed by atoms with E-state index in [1.807, 2.05) is 21.2 Å². The van der Waals surface area contributed by atoms with Crippen LogP contribution >= 0.6 is 11.3 Å². The van der Waals surface area contributed by atoms with Gasteiger partial charge in [0.1, 0.15) is 0 Å². The van der Waals surface area contributed by atoms with Crippen LogP contribution in [0.4, 0.5) is 5.69 Å². The SMILES string of the molecule is O=C(c1nccs1)N1CCN(C2CC(=O)N(c3cccc(CN4CCOCC4)c3)C2)CC1. The number of rotatable bonds is 5. The fourth-order valence-electron chi connectivity index (χ4n) is 4.78. The molecule has 170 valence electrons. The number of nitrogens with zero attached hydrogens (tertiary/aromatic N) is 5. The molecule has 1 aromatic carbocycles. The minimum absolute atomic E-state index is 0.0147. The van der Waals surface area contributed by atoms with Gasteiger partial charge in [0.2, 0.25) is 5.91 Å². The molecule has 3 saturated heterocycles. The Labute approximate surface area is 192 Å². The highest BCUT2D eigenvalue weighted by Crippen LogP contribution is 2.26. The van der Waals surface area contributed by atoms with Crippen molar-refractivity contribution in [2.24, 2.45) is 0 Å². The van der Waals surface area contributed by atoms with Crippen LogP contribution in [-0.4, -0.2) is 96.6 Å². The van der Waals surface area contributed by atoms with Gasteiger partial charge >= 0.3 is 0 Å². The molecular weight excluding hydrogens is 426 g/mol. The van der Waals surface area contributed by atoms with Crippen LogP contribution < -0.4 is 4.90 Å². The molecule has 3 fully saturated rings. The first kappa shape index (κ1) is 21.5. The van der Waals surface area contributed by atoms with Gasteiger partial charge in [-0.1, -0.05) is 12.1 Å². The third kappa shape index (κ3) is 4.71. The van der Waals surface area contributed by atoms with Crippen molar-refractivity contribution in [3.05, 3.63) is 46.4 Å². The number of thiazole rings is 1. The quantitative estimate of drug-likeness (QED) is 0.681. The molecule has 0 spiro atoms. The maximum Gasteiger partial charge on any atom is 0.282 e. The Bertz CT molecular complexity index is 939. The molecule has 0 saturated carbocycles. The second-order valence-electron chi connectivity index (χ2n) is 8.59. The van der Waals surface area contributed by atoms with E-state index in [0.717, 1.165) is 51.6 Å². The van der Waals surface area contributed by atoms with E-state index in [4.69, 9.17) is 4.74 Å². The van der Waals surface area contributed by atoms with Gasteiger partial charge < -0.3 is 14.5 Å². The Morgan fingerprint density at radius 1 is 1.12 bits per heavy atom. The summed E-state index contributed by atoms with van der Waals surface area (Å²) in [5, 5.41) is 2.38. The lowest BCUT2D eigenvalue weighted by atomic mass is 10.1. The highest BCUT2D eigenvalue weighted by molar-refractivity contribution is 7.11. The van der Waals surface area contributed by atoms with Crippen molar-refractivity contribution < 1.29 is 14.3 Å². The van der Waals surface area contributed by atoms with E-state index in [1.54, 1.807) is 6.20 Å². The monoisotopic (exact) mass is 455 g/mol. The molecule has 3 aliphatic rings. The zero-order valence-corrected chi connectivity index (χ0v) is 19.0. The molecule has 9 heteroatoms. The van der Waals surface area contributed by atoms with E-state index in [-0.39, 0.29) is 17.9 Å². The third-order valence-corrected chi connectivity index (χ3v) is 7.33. The zero-order valence-electron chi connectivity index (χ0n) is 18.2. The summed E-state index contributed by atoms with van der Waals surface area (Å²) in [6, 6.07) is 8.57. The molecule has 0 N–H and O–H groups in total. The summed E-state index contributed by atoms with van der Waals surface area (Å²) < 4.78 is 5.44. The second-order valence-corrected chi connectivity index (χ2v) is 9.48. The van der Waals surface area contributed by atoms with Gasteiger partial charge in [0, 0.05) is 82.1 Å². The predicted octanol–water partition coefficient (Wildman–Crippen LogP) is 1.54. The lowest BCUT2D eigenvalue weighted by Crippen LogP contribution is -2.52. The molecular formula is C23H29N5O3S. The number of carbonyl (C=O) groups is 2. The largest absolute Gasteiger partial charge is 0.379 e. The normalized spacial score (nSPS) is 23.1. The average molecular weight is 456 g/mol. The Balaban J connectivity index is 1.18. The summed E-state index contributed by atoms with van der Waals surface area (Å²) in [5.74, 6) is 0.195. The second kappa shape index (κ2) is 9.66. The van der Waals surface area contributed by atoms with Crippen LogP contribution in [0.3, 0.4) is 0 Å². The average Bonchev–Trinajstić information content (AvgIpc) is 3.50. The number of piperazine rings is 1. The first-order chi connectivity index (χ1) is 15.7. The molecule has 1 unspecified atom stereocenters. The molecule has 2 amide bonds. The van der Waals surface area contributed by atoms with Gasteiger partial charge in [0.15, 0.2) is 5.01 Å². The van der Waals surface area contributed by atoms with Crippen LogP contribution in [0, 0.1) is 0 Å². The van der Waals surface area contributed by atoms with Crippen molar-refractivity contribution in [1.82, 2.24) is 19.7 Å². The summed E-state index contributed by atoms with van der Waals surface area (Å²) in [5.41, 5.74) is 2.22. The molecule has 8 nitrogen and oxygen atoms in total. The molecule has 0 aliphatic carbocycles. The van der Waals surface area contributed by atoms with Crippen LogP contribution in [0.25, 0.3) is 0 Å². The molecule has 1 atom stereocenters. The van der Waals surface area contributed by atoms with Crippen molar-refractivity contribution in [2.45, 2.75) is 19.0 Å². The minimum Gasteiger partial charge on any atom is -0.379 e. The minimum atomic E-state index is 0.0147. The summed E-state index contributed by atoms with van der Waals surface area (Å²) in [4.78, 5) is 38.1. The molecule has 2 aromatic rings. The molecule has 3 aliphatic heterocycles. The molecule has 0 bridgehead atoms. The van der Waals surface area contributed by atoms with Crippen molar-refractivity contribution in [2.75, 3.05) is 63.9 Å². The number of carbonyl (C=O) groups excluding carboxylic acids is 2. The highest BCUT2D eigenvalue weighted by atomic mass is 32.1. The van der Waals surface area contributed by atoms with Gasteiger partial charge in [0.05, 0.1) is 13.2 Å². The molecule has 32 heavy (non-hydrogen) atoms. The van der Waals surface area contributed by atoms with Crippen LogP contribution in [0.5, 0.6) is 0 Å². The number of benzene rings is 1. The van der Waals surface area contributed by atoms with Crippen molar-refractivity contribution in [1.29, 1.82) is 0 Å². The van der Waals surface area contributed by atoms with Crippen molar-refractivity contribution in [3.8, 4) is 0 Å². The lowest BCUT2D eigenvalue weighted by Gasteiger charge is -2.37. The van der Waals surface area contributed by atoms with E-state index in [0.29, 0.717) is 31.1 Å². The zero-order chi connectivity index (χ0) is 21.9. The number of ether oxygens (including phenoxy) is 1. The van der Waals surface area contributed by atoms with Gasteiger partial charge in [0.25, 0.3) is 5.91 Å². The number of morpholine rings is 1. The van der Waals surface area contributed by atoms with Crippen LogP contribution in [0.2, 0.25) is 0 Å². The first-order valence-corrected chi connectivity index (χ1v) is 12.2.